The number of benzene rings is 1. The zero-order chi connectivity index (χ0) is 22.1. The zero-order valence-corrected chi connectivity index (χ0v) is 17.5. The summed E-state index contributed by atoms with van der Waals surface area (Å²) in [5.41, 5.74) is 7.21. The first-order valence-corrected chi connectivity index (χ1v) is 10.6. The zero-order valence-electron chi connectivity index (χ0n) is 16.6. The molecule has 1 aromatic carbocycles. The fourth-order valence-corrected chi connectivity index (χ4v) is 4.38. The predicted octanol–water partition coefficient (Wildman–Crippen LogP) is 3.44. The maximum absolute atomic E-state index is 14.0. The van der Waals surface area contributed by atoms with Crippen molar-refractivity contribution in [1.82, 2.24) is 14.8 Å². The van der Waals surface area contributed by atoms with Crippen LogP contribution in [0.5, 0.6) is 0 Å². The van der Waals surface area contributed by atoms with Gasteiger partial charge in [0, 0.05) is 24.0 Å². The minimum atomic E-state index is -1.24. The molecule has 4 atom stereocenters. The van der Waals surface area contributed by atoms with Gasteiger partial charge in [-0.1, -0.05) is 6.07 Å². The van der Waals surface area contributed by atoms with Crippen molar-refractivity contribution in [3.63, 3.8) is 0 Å². The first-order chi connectivity index (χ1) is 14.8. The Bertz CT molecular complexity index is 1050. The Balaban J connectivity index is 1.53. The van der Waals surface area contributed by atoms with Gasteiger partial charge >= 0.3 is 0 Å². The Morgan fingerprint density at radius 1 is 1.35 bits per heavy atom. The van der Waals surface area contributed by atoms with Crippen molar-refractivity contribution >= 4 is 17.0 Å². The van der Waals surface area contributed by atoms with E-state index in [1.54, 1.807) is 17.1 Å². The summed E-state index contributed by atoms with van der Waals surface area (Å²) in [5, 5.41) is 19.6. The van der Waals surface area contributed by atoms with Crippen LogP contribution < -0.4 is 11.1 Å². The molecule has 3 heterocycles. The maximum Gasteiger partial charge on any atom is 0.169 e. The Morgan fingerprint density at radius 3 is 2.97 bits per heavy atom. The summed E-state index contributed by atoms with van der Waals surface area (Å²) in [6.07, 6.45) is -0.428. The Kier molecular flexibility index (Phi) is 6.28. The van der Waals surface area contributed by atoms with Crippen molar-refractivity contribution in [3.05, 3.63) is 52.8 Å². The van der Waals surface area contributed by atoms with E-state index in [1.165, 1.54) is 18.3 Å². The van der Waals surface area contributed by atoms with E-state index in [-0.39, 0.29) is 22.9 Å². The average Bonchev–Trinajstić information content (AvgIpc) is 3.33. The Hall–Kier alpha value is -2.47. The predicted molar refractivity (Wildman–Crippen MR) is 110 cm³/mol. The second kappa shape index (κ2) is 8.95. The quantitative estimate of drug-likeness (QED) is 0.512. The number of ether oxygens (including phenoxy) is 1. The fourth-order valence-electron chi connectivity index (χ4n) is 3.52. The molecule has 1 fully saturated rings. The van der Waals surface area contributed by atoms with Crippen LogP contribution in [0.4, 0.5) is 18.9 Å². The SMILES string of the molecule is Cn1ncc(NC(O)c2csc(-c3cccc(F)c3F)n2)c1[C@@H]1CC[C@@H](N)[C@H](F)CO1. The molecule has 1 aliphatic heterocycles. The van der Waals surface area contributed by atoms with Crippen LogP contribution in [0.15, 0.2) is 29.8 Å². The third-order valence-electron chi connectivity index (χ3n) is 5.25. The first-order valence-electron chi connectivity index (χ1n) is 9.72. The number of aryl methyl sites for hydroxylation is 1. The molecule has 0 spiro atoms. The number of hydrogen-bond donors (Lipinski definition) is 3. The Morgan fingerprint density at radius 2 is 2.16 bits per heavy atom. The van der Waals surface area contributed by atoms with E-state index < -0.39 is 36.2 Å². The molecular formula is C20H22F3N5O2S. The summed E-state index contributed by atoms with van der Waals surface area (Å²) in [7, 11) is 1.72. The summed E-state index contributed by atoms with van der Waals surface area (Å²) in [5.74, 6) is -1.96. The minimum Gasteiger partial charge on any atom is -0.369 e. The number of aliphatic hydroxyl groups is 1. The van der Waals surface area contributed by atoms with Crippen LogP contribution in [0.2, 0.25) is 0 Å². The van der Waals surface area contributed by atoms with E-state index >= 15 is 0 Å². The van der Waals surface area contributed by atoms with E-state index in [2.05, 4.69) is 15.4 Å². The molecule has 166 valence electrons. The molecule has 11 heteroatoms. The number of nitrogens with two attached hydrogens (primary N) is 1. The second-order valence-corrected chi connectivity index (χ2v) is 8.23. The van der Waals surface area contributed by atoms with Gasteiger partial charge in [-0.2, -0.15) is 5.10 Å². The third-order valence-corrected chi connectivity index (χ3v) is 6.14. The van der Waals surface area contributed by atoms with Gasteiger partial charge in [0.1, 0.15) is 23.0 Å². The highest BCUT2D eigenvalue weighted by molar-refractivity contribution is 7.13. The van der Waals surface area contributed by atoms with Crippen molar-refractivity contribution in [2.75, 3.05) is 11.9 Å². The van der Waals surface area contributed by atoms with Gasteiger partial charge < -0.3 is 20.9 Å². The van der Waals surface area contributed by atoms with Crippen LogP contribution >= 0.6 is 11.3 Å². The molecule has 0 bridgehead atoms. The number of aromatic nitrogens is 3. The van der Waals surface area contributed by atoms with Crippen molar-refractivity contribution in [1.29, 1.82) is 0 Å². The van der Waals surface area contributed by atoms with Crippen LogP contribution in [-0.4, -0.2) is 38.7 Å². The lowest BCUT2D eigenvalue weighted by molar-refractivity contribution is 0.0246. The molecule has 1 saturated heterocycles. The summed E-state index contributed by atoms with van der Waals surface area (Å²) >= 11 is 1.09. The molecule has 0 saturated carbocycles. The fraction of sp³-hybridized carbons (Fsp3) is 0.400. The Labute approximate surface area is 180 Å². The second-order valence-electron chi connectivity index (χ2n) is 7.37. The van der Waals surface area contributed by atoms with Crippen molar-refractivity contribution in [2.24, 2.45) is 12.8 Å². The van der Waals surface area contributed by atoms with Crippen molar-refractivity contribution in [3.8, 4) is 10.6 Å². The van der Waals surface area contributed by atoms with Crippen LogP contribution in [0, 0.1) is 11.6 Å². The summed E-state index contributed by atoms with van der Waals surface area (Å²) in [6, 6.07) is 3.26. The molecule has 1 unspecified atom stereocenters. The normalized spacial score (nSPS) is 22.8. The van der Waals surface area contributed by atoms with Gasteiger partial charge in [-0.25, -0.2) is 18.2 Å². The number of nitrogens with one attached hydrogen (secondary N) is 1. The average molecular weight is 453 g/mol. The number of rotatable bonds is 5. The van der Waals surface area contributed by atoms with Gasteiger partial charge in [0.05, 0.1) is 24.2 Å². The molecule has 2 aromatic heterocycles. The van der Waals surface area contributed by atoms with Gasteiger partial charge in [-0.3, -0.25) is 4.68 Å². The largest absolute Gasteiger partial charge is 0.369 e. The number of alkyl halides is 1. The highest BCUT2D eigenvalue weighted by Gasteiger charge is 2.30. The number of anilines is 1. The minimum absolute atomic E-state index is 0.0227. The van der Waals surface area contributed by atoms with Gasteiger partial charge in [-0.15, -0.1) is 11.3 Å². The number of thiazole rings is 1. The molecular weight excluding hydrogens is 431 g/mol. The number of halogens is 3. The van der Waals surface area contributed by atoms with Crippen LogP contribution in [0.3, 0.4) is 0 Å². The molecule has 31 heavy (non-hydrogen) atoms. The molecule has 0 amide bonds. The van der Waals surface area contributed by atoms with Crippen molar-refractivity contribution in [2.45, 2.75) is 37.4 Å². The monoisotopic (exact) mass is 453 g/mol. The molecule has 0 radical (unpaired) electrons. The highest BCUT2D eigenvalue weighted by atomic mass is 32.1. The standard InChI is InChI=1S/C20H22F3N5O2S/c1-28-18(16-6-5-13(24)12(22)8-30-16)14(7-25-28)26-19(29)15-9-31-20(27-15)10-3-2-4-11(21)17(10)23/h2-4,7,9,12-13,16,19,26,29H,5-6,8,24H2,1H3/t12-,13-,16+,19?/m1/s1. The summed E-state index contributed by atoms with van der Waals surface area (Å²) in [6.45, 7) is -0.117. The van der Waals surface area contributed by atoms with Gasteiger partial charge in [-0.05, 0) is 25.0 Å². The number of hydrogen-bond acceptors (Lipinski definition) is 7. The molecule has 7 nitrogen and oxygen atoms in total. The van der Waals surface area contributed by atoms with Crippen LogP contribution in [0.25, 0.3) is 10.6 Å². The lowest BCUT2D eigenvalue weighted by atomic mass is 10.0. The van der Waals surface area contributed by atoms with Crippen LogP contribution in [0.1, 0.15) is 36.6 Å². The third kappa shape index (κ3) is 4.45. The molecule has 4 N–H and O–H groups in total. The number of aliphatic hydroxyl groups excluding tert-OH is 1. The van der Waals surface area contributed by atoms with E-state index in [0.717, 1.165) is 17.4 Å². The summed E-state index contributed by atoms with van der Waals surface area (Å²) < 4.78 is 48.7. The van der Waals surface area contributed by atoms with E-state index in [4.69, 9.17) is 10.5 Å². The van der Waals surface area contributed by atoms with Gasteiger partial charge in [0.25, 0.3) is 0 Å². The smallest absolute Gasteiger partial charge is 0.169 e. The topological polar surface area (TPSA) is 98.2 Å². The van der Waals surface area contributed by atoms with Gasteiger partial charge in [0.15, 0.2) is 17.9 Å². The van der Waals surface area contributed by atoms with Gasteiger partial charge in [0.2, 0.25) is 0 Å². The highest BCUT2D eigenvalue weighted by Crippen LogP contribution is 2.34. The molecule has 0 aliphatic carbocycles. The van der Waals surface area contributed by atoms with E-state index in [1.807, 2.05) is 0 Å². The summed E-state index contributed by atoms with van der Waals surface area (Å²) in [4.78, 5) is 4.24. The van der Waals surface area contributed by atoms with Crippen LogP contribution in [-0.2, 0) is 11.8 Å². The van der Waals surface area contributed by atoms with E-state index in [0.29, 0.717) is 24.2 Å². The molecule has 4 rings (SSSR count). The van der Waals surface area contributed by atoms with Crippen molar-refractivity contribution < 1.29 is 23.0 Å². The number of nitrogens with zero attached hydrogens (tertiary/aromatic N) is 3. The lowest BCUT2D eigenvalue weighted by Gasteiger charge is -2.19. The van der Waals surface area contributed by atoms with E-state index in [9.17, 15) is 18.3 Å². The molecule has 1 aliphatic rings. The first kappa shape index (κ1) is 21.8. The molecule has 3 aromatic rings. The lowest BCUT2D eigenvalue weighted by Crippen LogP contribution is -2.32. The maximum atomic E-state index is 14.0.